The van der Waals surface area contributed by atoms with Crippen molar-refractivity contribution in [3.8, 4) is 0 Å². The Hall–Kier alpha value is -0.800. The summed E-state index contributed by atoms with van der Waals surface area (Å²) in [6.07, 6.45) is 6.70. The summed E-state index contributed by atoms with van der Waals surface area (Å²) in [4.78, 5) is 0. The molecule has 3 heteroatoms. The summed E-state index contributed by atoms with van der Waals surface area (Å²) in [5.41, 5.74) is 9.06. The van der Waals surface area contributed by atoms with Crippen molar-refractivity contribution in [2.45, 2.75) is 31.2 Å². The first-order valence-corrected chi connectivity index (χ1v) is 6.90. The molecule has 0 bridgehead atoms. The predicted molar refractivity (Wildman–Crippen MR) is 75.1 cm³/mol. The second kappa shape index (κ2) is 3.85. The number of rotatable bonds is 3. The molecule has 0 radical (unpaired) electrons. The van der Waals surface area contributed by atoms with Gasteiger partial charge in [0.1, 0.15) is 0 Å². The van der Waals surface area contributed by atoms with Crippen LogP contribution in [0, 0.1) is 0 Å². The maximum atomic E-state index is 6.17. The Kier molecular flexibility index (Phi) is 2.56. The first-order valence-electron chi connectivity index (χ1n) is 6.10. The first-order chi connectivity index (χ1) is 8.09. The number of aromatic nitrogens is 1. The molecule has 90 valence electrons. The van der Waals surface area contributed by atoms with E-state index in [-0.39, 0.29) is 5.54 Å². The molecule has 1 aromatic heterocycles. The normalized spacial score (nSPS) is 17.6. The van der Waals surface area contributed by atoms with Crippen molar-refractivity contribution in [1.29, 1.82) is 0 Å². The first kappa shape index (κ1) is 11.3. The number of benzene rings is 1. The molecule has 1 aliphatic rings. The number of nitrogens with two attached hydrogens (primary N) is 1. The molecule has 1 heterocycles. The van der Waals surface area contributed by atoms with E-state index in [4.69, 9.17) is 5.73 Å². The third kappa shape index (κ3) is 2.02. The molecule has 0 amide bonds. The van der Waals surface area contributed by atoms with Crippen LogP contribution in [0.1, 0.15) is 24.8 Å². The lowest BCUT2D eigenvalue weighted by molar-refractivity contribution is 0.610. The lowest BCUT2D eigenvalue weighted by Gasteiger charge is -2.10. The molecule has 1 fully saturated rings. The van der Waals surface area contributed by atoms with Crippen molar-refractivity contribution in [3.05, 3.63) is 34.4 Å². The van der Waals surface area contributed by atoms with Gasteiger partial charge in [0.15, 0.2) is 0 Å². The summed E-state index contributed by atoms with van der Waals surface area (Å²) >= 11 is 3.61. The molecule has 2 N–H and O–H groups in total. The van der Waals surface area contributed by atoms with Crippen molar-refractivity contribution >= 4 is 26.8 Å². The molecule has 0 spiro atoms. The minimum atomic E-state index is 0.143. The van der Waals surface area contributed by atoms with Gasteiger partial charge in [0, 0.05) is 28.6 Å². The van der Waals surface area contributed by atoms with E-state index in [9.17, 15) is 0 Å². The smallest absolute Gasteiger partial charge is 0.0522 e. The number of hydrogen-bond acceptors (Lipinski definition) is 1. The third-order valence-electron chi connectivity index (χ3n) is 3.82. The standard InChI is InChI=1S/C14H17BrN2/c1-17-9-12(15)11-4-2-3-10(13(11)17)5-6-14(16)7-8-14/h2-4,9H,5-8,16H2,1H3. The maximum Gasteiger partial charge on any atom is 0.0522 e. The summed E-state index contributed by atoms with van der Waals surface area (Å²) in [5, 5.41) is 1.30. The van der Waals surface area contributed by atoms with Crippen molar-refractivity contribution in [2.75, 3.05) is 0 Å². The molecule has 3 rings (SSSR count). The molecular weight excluding hydrogens is 276 g/mol. The van der Waals surface area contributed by atoms with Crippen LogP contribution in [0.4, 0.5) is 0 Å². The molecule has 0 aliphatic heterocycles. The number of para-hydroxylation sites is 1. The van der Waals surface area contributed by atoms with Gasteiger partial charge in [-0.3, -0.25) is 0 Å². The Labute approximate surface area is 110 Å². The zero-order chi connectivity index (χ0) is 12.0. The molecule has 0 atom stereocenters. The lowest BCUT2D eigenvalue weighted by atomic mass is 10.0. The topological polar surface area (TPSA) is 30.9 Å². The van der Waals surface area contributed by atoms with E-state index in [2.05, 4.69) is 51.9 Å². The maximum absolute atomic E-state index is 6.17. The second-order valence-electron chi connectivity index (χ2n) is 5.26. The van der Waals surface area contributed by atoms with E-state index in [0.717, 1.165) is 12.8 Å². The molecule has 2 aromatic rings. The highest BCUT2D eigenvalue weighted by Gasteiger charge is 2.37. The number of halogens is 1. The molecule has 1 aromatic carbocycles. The van der Waals surface area contributed by atoms with E-state index in [1.165, 1.54) is 33.8 Å². The molecule has 1 saturated carbocycles. The van der Waals surface area contributed by atoms with Gasteiger partial charge in [-0.2, -0.15) is 0 Å². The average molecular weight is 293 g/mol. The van der Waals surface area contributed by atoms with Crippen LogP contribution in [-0.4, -0.2) is 10.1 Å². The van der Waals surface area contributed by atoms with Crippen LogP contribution < -0.4 is 5.73 Å². The summed E-state index contributed by atoms with van der Waals surface area (Å²) in [7, 11) is 2.10. The van der Waals surface area contributed by atoms with Gasteiger partial charge in [0.25, 0.3) is 0 Å². The molecule has 1 aliphatic carbocycles. The van der Waals surface area contributed by atoms with Crippen molar-refractivity contribution in [2.24, 2.45) is 12.8 Å². The quantitative estimate of drug-likeness (QED) is 0.924. The van der Waals surface area contributed by atoms with Crippen molar-refractivity contribution in [1.82, 2.24) is 4.57 Å². The van der Waals surface area contributed by atoms with Gasteiger partial charge in [-0.15, -0.1) is 0 Å². The van der Waals surface area contributed by atoms with E-state index in [1.54, 1.807) is 0 Å². The molecule has 2 nitrogen and oxygen atoms in total. The van der Waals surface area contributed by atoms with Gasteiger partial charge in [0.2, 0.25) is 0 Å². The van der Waals surface area contributed by atoms with Gasteiger partial charge in [-0.05, 0) is 47.2 Å². The minimum Gasteiger partial charge on any atom is -0.349 e. The Bertz CT molecular complexity index is 567. The highest BCUT2D eigenvalue weighted by Crippen LogP contribution is 2.37. The summed E-state index contributed by atoms with van der Waals surface area (Å²) in [6, 6.07) is 6.53. The van der Waals surface area contributed by atoms with Crippen LogP contribution in [0.2, 0.25) is 0 Å². The van der Waals surface area contributed by atoms with E-state index < -0.39 is 0 Å². The fourth-order valence-electron chi connectivity index (χ4n) is 2.50. The predicted octanol–water partition coefficient (Wildman–Crippen LogP) is 3.36. The largest absolute Gasteiger partial charge is 0.349 e. The number of fused-ring (bicyclic) bond motifs is 1. The van der Waals surface area contributed by atoms with Gasteiger partial charge in [-0.1, -0.05) is 18.2 Å². The van der Waals surface area contributed by atoms with Gasteiger partial charge in [0.05, 0.1) is 5.52 Å². The number of aryl methyl sites for hydroxylation is 2. The molecule has 0 saturated heterocycles. The zero-order valence-corrected chi connectivity index (χ0v) is 11.6. The Morgan fingerprint density at radius 2 is 2.18 bits per heavy atom. The molecular formula is C14H17BrN2. The van der Waals surface area contributed by atoms with Crippen LogP contribution in [0.5, 0.6) is 0 Å². The summed E-state index contributed by atoms with van der Waals surface area (Å²) in [5.74, 6) is 0. The average Bonchev–Trinajstić information content (AvgIpc) is 2.97. The van der Waals surface area contributed by atoms with Gasteiger partial charge < -0.3 is 10.3 Å². The van der Waals surface area contributed by atoms with Crippen molar-refractivity contribution < 1.29 is 0 Å². The number of nitrogens with zero attached hydrogens (tertiary/aromatic N) is 1. The highest BCUT2D eigenvalue weighted by atomic mass is 79.9. The lowest BCUT2D eigenvalue weighted by Crippen LogP contribution is -2.22. The Balaban J connectivity index is 1.97. The van der Waals surface area contributed by atoms with Gasteiger partial charge >= 0.3 is 0 Å². The van der Waals surface area contributed by atoms with Crippen LogP contribution in [0.15, 0.2) is 28.9 Å². The fourth-order valence-corrected chi connectivity index (χ4v) is 3.13. The van der Waals surface area contributed by atoms with Crippen LogP contribution >= 0.6 is 15.9 Å². The van der Waals surface area contributed by atoms with Crippen molar-refractivity contribution in [3.63, 3.8) is 0 Å². The summed E-state index contributed by atoms with van der Waals surface area (Å²) in [6.45, 7) is 0. The van der Waals surface area contributed by atoms with E-state index in [0.29, 0.717) is 0 Å². The fraction of sp³-hybridized carbons (Fsp3) is 0.429. The number of hydrogen-bond donors (Lipinski definition) is 1. The monoisotopic (exact) mass is 292 g/mol. The van der Waals surface area contributed by atoms with Crippen LogP contribution in [-0.2, 0) is 13.5 Å². The molecule has 0 unspecified atom stereocenters. The Morgan fingerprint density at radius 3 is 2.88 bits per heavy atom. The zero-order valence-electron chi connectivity index (χ0n) is 10.0. The third-order valence-corrected chi connectivity index (χ3v) is 4.45. The summed E-state index contributed by atoms with van der Waals surface area (Å²) < 4.78 is 3.37. The highest BCUT2D eigenvalue weighted by molar-refractivity contribution is 9.10. The second-order valence-corrected chi connectivity index (χ2v) is 6.12. The van der Waals surface area contributed by atoms with Crippen LogP contribution in [0.25, 0.3) is 10.9 Å². The minimum absolute atomic E-state index is 0.143. The van der Waals surface area contributed by atoms with E-state index >= 15 is 0 Å². The molecule has 17 heavy (non-hydrogen) atoms. The SMILES string of the molecule is Cn1cc(Br)c2cccc(CCC3(N)CC3)c21. The van der Waals surface area contributed by atoms with E-state index in [1.807, 2.05) is 0 Å². The Morgan fingerprint density at radius 1 is 1.41 bits per heavy atom. The van der Waals surface area contributed by atoms with Crippen LogP contribution in [0.3, 0.4) is 0 Å². The van der Waals surface area contributed by atoms with Gasteiger partial charge in [-0.25, -0.2) is 0 Å².